The standard InChI is InChI=1S/C15H24N2O3S/c1-12(2)15(18)16-10-11-17(21(4,19)20)13(3)14-8-6-5-7-9-14/h5-9,12-13H,10-11H2,1-4H3,(H,16,18). The van der Waals surface area contributed by atoms with Crippen molar-refractivity contribution in [2.24, 2.45) is 5.92 Å². The maximum atomic E-state index is 12.0. The fourth-order valence-corrected chi connectivity index (χ4v) is 3.16. The number of benzene rings is 1. The molecule has 1 aromatic rings. The van der Waals surface area contributed by atoms with E-state index in [1.54, 1.807) is 13.8 Å². The van der Waals surface area contributed by atoms with Crippen LogP contribution in [-0.2, 0) is 14.8 Å². The summed E-state index contributed by atoms with van der Waals surface area (Å²) in [6.07, 6.45) is 1.19. The van der Waals surface area contributed by atoms with E-state index in [1.165, 1.54) is 10.6 Å². The molecule has 5 nitrogen and oxygen atoms in total. The number of nitrogens with zero attached hydrogens (tertiary/aromatic N) is 1. The zero-order valence-corrected chi connectivity index (χ0v) is 13.9. The molecule has 0 radical (unpaired) electrons. The Morgan fingerprint density at radius 3 is 2.24 bits per heavy atom. The van der Waals surface area contributed by atoms with Gasteiger partial charge in [-0.3, -0.25) is 4.79 Å². The van der Waals surface area contributed by atoms with Gasteiger partial charge in [0.25, 0.3) is 0 Å². The van der Waals surface area contributed by atoms with Gasteiger partial charge in [0.1, 0.15) is 0 Å². The number of carbonyl (C=O) groups excluding carboxylic acids is 1. The Balaban J connectivity index is 2.76. The molecular weight excluding hydrogens is 288 g/mol. The minimum absolute atomic E-state index is 0.0733. The second-order valence-corrected chi connectivity index (χ2v) is 7.34. The highest BCUT2D eigenvalue weighted by molar-refractivity contribution is 7.88. The van der Waals surface area contributed by atoms with Crippen molar-refractivity contribution in [3.8, 4) is 0 Å². The van der Waals surface area contributed by atoms with Crippen LogP contribution in [0.4, 0.5) is 0 Å². The van der Waals surface area contributed by atoms with Gasteiger partial charge in [-0.25, -0.2) is 8.42 Å². The van der Waals surface area contributed by atoms with Crippen molar-refractivity contribution in [2.75, 3.05) is 19.3 Å². The molecule has 0 spiro atoms. The van der Waals surface area contributed by atoms with Crippen molar-refractivity contribution in [1.82, 2.24) is 9.62 Å². The molecule has 0 aliphatic heterocycles. The third-order valence-corrected chi connectivity index (χ3v) is 4.65. The zero-order valence-electron chi connectivity index (χ0n) is 13.0. The van der Waals surface area contributed by atoms with E-state index in [2.05, 4.69) is 5.32 Å². The van der Waals surface area contributed by atoms with E-state index in [-0.39, 0.29) is 24.4 Å². The summed E-state index contributed by atoms with van der Waals surface area (Å²) in [5.74, 6) is -0.181. The quantitative estimate of drug-likeness (QED) is 0.834. The Kier molecular flexibility index (Phi) is 6.36. The Bertz CT molecular complexity index is 556. The lowest BCUT2D eigenvalue weighted by Crippen LogP contribution is -2.40. The van der Waals surface area contributed by atoms with Crippen LogP contribution in [0, 0.1) is 5.92 Å². The highest BCUT2D eigenvalue weighted by atomic mass is 32.2. The van der Waals surface area contributed by atoms with E-state index >= 15 is 0 Å². The number of amides is 1. The maximum absolute atomic E-state index is 12.0. The number of nitrogens with one attached hydrogen (secondary N) is 1. The van der Waals surface area contributed by atoms with E-state index in [0.717, 1.165) is 5.56 Å². The van der Waals surface area contributed by atoms with E-state index < -0.39 is 10.0 Å². The van der Waals surface area contributed by atoms with E-state index in [0.29, 0.717) is 6.54 Å². The van der Waals surface area contributed by atoms with Gasteiger partial charge >= 0.3 is 0 Å². The predicted molar refractivity (Wildman–Crippen MR) is 84.3 cm³/mol. The Labute approximate surface area is 127 Å². The zero-order chi connectivity index (χ0) is 16.0. The van der Waals surface area contributed by atoms with E-state index in [1.807, 2.05) is 37.3 Å². The topological polar surface area (TPSA) is 66.5 Å². The molecule has 1 aromatic carbocycles. The molecule has 1 unspecified atom stereocenters. The first kappa shape index (κ1) is 17.7. The summed E-state index contributed by atoms with van der Waals surface area (Å²) in [6.45, 7) is 6.02. The van der Waals surface area contributed by atoms with Gasteiger partial charge in [-0.1, -0.05) is 44.2 Å². The van der Waals surface area contributed by atoms with Crippen molar-refractivity contribution in [1.29, 1.82) is 0 Å². The molecule has 118 valence electrons. The fraction of sp³-hybridized carbons (Fsp3) is 0.533. The first-order chi connectivity index (χ1) is 9.73. The molecule has 6 heteroatoms. The van der Waals surface area contributed by atoms with Crippen LogP contribution in [0.2, 0.25) is 0 Å². The molecular formula is C15H24N2O3S. The lowest BCUT2D eigenvalue weighted by atomic mass is 10.1. The lowest BCUT2D eigenvalue weighted by molar-refractivity contribution is -0.124. The first-order valence-electron chi connectivity index (χ1n) is 7.03. The van der Waals surface area contributed by atoms with Gasteiger partial charge in [0.15, 0.2) is 0 Å². The van der Waals surface area contributed by atoms with Crippen molar-refractivity contribution >= 4 is 15.9 Å². The number of hydrogen-bond donors (Lipinski definition) is 1. The largest absolute Gasteiger partial charge is 0.355 e. The number of carbonyl (C=O) groups is 1. The molecule has 0 heterocycles. The molecule has 1 amide bonds. The summed E-state index contributed by atoms with van der Waals surface area (Å²) < 4.78 is 25.3. The SMILES string of the molecule is CC(C)C(=O)NCCN(C(C)c1ccccc1)S(C)(=O)=O. The van der Waals surface area contributed by atoms with Crippen LogP contribution in [0.15, 0.2) is 30.3 Å². The Morgan fingerprint density at radius 1 is 1.19 bits per heavy atom. The molecule has 1 N–H and O–H groups in total. The predicted octanol–water partition coefficient (Wildman–Crippen LogP) is 1.78. The molecule has 0 fully saturated rings. The smallest absolute Gasteiger partial charge is 0.222 e. The first-order valence-corrected chi connectivity index (χ1v) is 8.87. The van der Waals surface area contributed by atoms with Crippen LogP contribution in [-0.4, -0.2) is 38.0 Å². The van der Waals surface area contributed by atoms with E-state index in [4.69, 9.17) is 0 Å². The number of rotatable bonds is 7. The van der Waals surface area contributed by atoms with Crippen LogP contribution in [0.3, 0.4) is 0 Å². The fourth-order valence-electron chi connectivity index (χ4n) is 2.04. The van der Waals surface area contributed by atoms with Crippen LogP contribution in [0.1, 0.15) is 32.4 Å². The van der Waals surface area contributed by atoms with Crippen molar-refractivity contribution < 1.29 is 13.2 Å². The molecule has 0 bridgehead atoms. The third kappa shape index (κ3) is 5.47. The Hall–Kier alpha value is -1.40. The minimum Gasteiger partial charge on any atom is -0.355 e. The Morgan fingerprint density at radius 2 is 1.76 bits per heavy atom. The second kappa shape index (κ2) is 7.56. The van der Waals surface area contributed by atoms with Crippen LogP contribution in [0.25, 0.3) is 0 Å². The molecule has 0 aliphatic rings. The molecule has 0 saturated carbocycles. The van der Waals surface area contributed by atoms with Gasteiger partial charge in [0.05, 0.1) is 6.26 Å². The highest BCUT2D eigenvalue weighted by Gasteiger charge is 2.24. The van der Waals surface area contributed by atoms with Gasteiger partial charge in [0, 0.05) is 25.0 Å². The van der Waals surface area contributed by atoms with Gasteiger partial charge < -0.3 is 5.32 Å². The average Bonchev–Trinajstić information content (AvgIpc) is 2.42. The molecule has 1 rings (SSSR count). The van der Waals surface area contributed by atoms with Crippen LogP contribution < -0.4 is 5.32 Å². The van der Waals surface area contributed by atoms with Gasteiger partial charge in [-0.2, -0.15) is 4.31 Å². The number of hydrogen-bond acceptors (Lipinski definition) is 3. The van der Waals surface area contributed by atoms with Gasteiger partial charge in [-0.05, 0) is 12.5 Å². The maximum Gasteiger partial charge on any atom is 0.222 e. The molecule has 0 saturated heterocycles. The summed E-state index contributed by atoms with van der Waals surface area (Å²) in [4.78, 5) is 11.5. The second-order valence-electron chi connectivity index (χ2n) is 5.41. The van der Waals surface area contributed by atoms with Crippen LogP contribution in [0.5, 0.6) is 0 Å². The lowest BCUT2D eigenvalue weighted by Gasteiger charge is -2.27. The highest BCUT2D eigenvalue weighted by Crippen LogP contribution is 2.21. The van der Waals surface area contributed by atoms with Crippen molar-refractivity contribution in [3.63, 3.8) is 0 Å². The van der Waals surface area contributed by atoms with Crippen molar-refractivity contribution in [2.45, 2.75) is 26.8 Å². The number of sulfonamides is 1. The average molecular weight is 312 g/mol. The molecule has 1 atom stereocenters. The third-order valence-electron chi connectivity index (χ3n) is 3.30. The summed E-state index contributed by atoms with van der Waals surface area (Å²) >= 11 is 0. The molecule has 0 aliphatic carbocycles. The summed E-state index contributed by atoms with van der Waals surface area (Å²) in [5.41, 5.74) is 0.929. The van der Waals surface area contributed by atoms with E-state index in [9.17, 15) is 13.2 Å². The summed E-state index contributed by atoms with van der Waals surface area (Å²) in [6, 6.07) is 9.19. The normalized spacial score (nSPS) is 13.4. The van der Waals surface area contributed by atoms with Gasteiger partial charge in [-0.15, -0.1) is 0 Å². The summed E-state index contributed by atoms with van der Waals surface area (Å²) in [7, 11) is -3.35. The molecule has 0 aromatic heterocycles. The molecule has 21 heavy (non-hydrogen) atoms. The van der Waals surface area contributed by atoms with Crippen molar-refractivity contribution in [3.05, 3.63) is 35.9 Å². The monoisotopic (exact) mass is 312 g/mol. The minimum atomic E-state index is -3.35. The van der Waals surface area contributed by atoms with Gasteiger partial charge in [0.2, 0.25) is 15.9 Å². The summed E-state index contributed by atoms with van der Waals surface area (Å²) in [5, 5.41) is 2.75. The van der Waals surface area contributed by atoms with Crippen LogP contribution >= 0.6 is 0 Å².